The summed E-state index contributed by atoms with van der Waals surface area (Å²) in [6, 6.07) is 8.30. The van der Waals surface area contributed by atoms with Gasteiger partial charge in [0.25, 0.3) is 0 Å². The molecule has 0 spiro atoms. The average molecular weight is 919 g/mol. The SMILES string of the molecule is CC[C@H](C)[C@H](NC(=O)[C@@H](CC(=O)[C@H](C(C)C)N(C)C(=O)CCOCCOCCOCCC(=O)NC)C(C)C)C(CN1CCC[C@H]1[C@H](OC)[C@@H](C)C(=O)C[C@H](C)[C@@H](O)c1ccccc1)OC. The van der Waals surface area contributed by atoms with Gasteiger partial charge in [0, 0.05) is 72.0 Å². The maximum atomic E-state index is 14.3. The van der Waals surface area contributed by atoms with Crippen molar-refractivity contribution in [2.45, 2.75) is 137 Å². The first-order valence-corrected chi connectivity index (χ1v) is 24.0. The van der Waals surface area contributed by atoms with E-state index in [1.165, 1.54) is 4.90 Å². The highest BCUT2D eigenvalue weighted by atomic mass is 16.5. The third-order valence-electron chi connectivity index (χ3n) is 13.2. The van der Waals surface area contributed by atoms with Crippen LogP contribution in [0.2, 0.25) is 0 Å². The summed E-state index contributed by atoms with van der Waals surface area (Å²) in [6.45, 7) is 18.8. The van der Waals surface area contributed by atoms with Crippen LogP contribution in [-0.2, 0) is 47.7 Å². The van der Waals surface area contributed by atoms with Crippen LogP contribution >= 0.6 is 0 Å². The van der Waals surface area contributed by atoms with Gasteiger partial charge in [-0.25, -0.2) is 0 Å². The quantitative estimate of drug-likeness (QED) is 0.0764. The van der Waals surface area contributed by atoms with Gasteiger partial charge in [-0.05, 0) is 48.6 Å². The second kappa shape index (κ2) is 30.9. The molecule has 2 rings (SSSR count). The molecule has 15 nitrogen and oxygen atoms in total. The van der Waals surface area contributed by atoms with Gasteiger partial charge < -0.3 is 44.3 Å². The molecule has 1 aromatic rings. The number of ketones is 2. The number of aliphatic hydroxyl groups excluding tert-OH is 1. The van der Waals surface area contributed by atoms with Gasteiger partial charge in [0.05, 0.1) is 76.5 Å². The van der Waals surface area contributed by atoms with E-state index in [0.29, 0.717) is 46.0 Å². The van der Waals surface area contributed by atoms with Gasteiger partial charge in [0.1, 0.15) is 5.78 Å². The van der Waals surface area contributed by atoms with Crippen LogP contribution in [0.5, 0.6) is 0 Å². The smallest absolute Gasteiger partial charge is 0.225 e. The highest BCUT2D eigenvalue weighted by Gasteiger charge is 2.41. The van der Waals surface area contributed by atoms with Gasteiger partial charge in [-0.1, -0.05) is 92.1 Å². The zero-order valence-electron chi connectivity index (χ0n) is 41.8. The topological polar surface area (TPSA) is 182 Å². The van der Waals surface area contributed by atoms with Crippen molar-refractivity contribution in [3.8, 4) is 0 Å². The van der Waals surface area contributed by atoms with Crippen LogP contribution in [-0.4, -0.2) is 156 Å². The minimum Gasteiger partial charge on any atom is -0.388 e. The molecule has 0 aliphatic carbocycles. The van der Waals surface area contributed by atoms with Crippen LogP contribution < -0.4 is 10.6 Å². The second-order valence-corrected chi connectivity index (χ2v) is 18.6. The summed E-state index contributed by atoms with van der Waals surface area (Å²) in [5.74, 6) is -2.23. The van der Waals surface area contributed by atoms with Gasteiger partial charge in [0.2, 0.25) is 17.7 Å². The molecule has 372 valence electrons. The summed E-state index contributed by atoms with van der Waals surface area (Å²) < 4.78 is 28.8. The number of likely N-dealkylation sites (N-methyl/N-ethyl adjacent to an activating group) is 1. The first-order valence-electron chi connectivity index (χ1n) is 24.0. The Morgan fingerprint density at radius 1 is 0.800 bits per heavy atom. The van der Waals surface area contributed by atoms with Gasteiger partial charge in [-0.3, -0.25) is 28.9 Å². The molecule has 3 amide bonds. The number of benzene rings is 1. The first kappa shape index (κ1) is 57.8. The molecule has 1 aliphatic rings. The zero-order chi connectivity index (χ0) is 48.6. The molecule has 0 saturated carbocycles. The van der Waals surface area contributed by atoms with Crippen LogP contribution in [0.4, 0.5) is 0 Å². The van der Waals surface area contributed by atoms with Gasteiger partial charge in [0.15, 0.2) is 5.78 Å². The standard InChI is InChI=1S/C50H86N4O11/c1-13-35(6)46(43(61-11)32-54-23-17-20-40(54)49(62-12)37(8)41(55)30-36(7)48(59)38-18-15-14-16-19-38)52-50(60)39(33(2)3)31-42(56)47(34(4)5)53(10)45(58)22-25-64-27-29-65-28-26-63-24-21-44(57)51-9/h14-16,18-19,33-37,39-40,43,46-49,59H,13,17,20-32H2,1-12H3,(H,51,57)(H,52,60)/t35-,36-,37-,39-,40-,43?,46-,47-,48+,49+/m0/s1. The number of carbonyl (C=O) groups excluding carboxylic acids is 5. The van der Waals surface area contributed by atoms with Crippen molar-refractivity contribution in [3.63, 3.8) is 0 Å². The van der Waals surface area contributed by atoms with Crippen LogP contribution in [0, 0.1) is 35.5 Å². The number of carbonyl (C=O) groups is 5. The lowest BCUT2D eigenvalue weighted by Crippen LogP contribution is -2.56. The molecule has 3 N–H and O–H groups in total. The Labute approximate surface area is 390 Å². The third kappa shape index (κ3) is 19.1. The largest absolute Gasteiger partial charge is 0.388 e. The van der Waals surface area contributed by atoms with Crippen LogP contribution in [0.25, 0.3) is 0 Å². The van der Waals surface area contributed by atoms with E-state index in [0.717, 1.165) is 31.4 Å². The number of likely N-dealkylation sites (tertiary alicyclic amines) is 1. The van der Waals surface area contributed by atoms with E-state index in [1.807, 2.05) is 71.9 Å². The highest BCUT2D eigenvalue weighted by Crippen LogP contribution is 2.32. The van der Waals surface area contributed by atoms with Crippen LogP contribution in [0.15, 0.2) is 30.3 Å². The van der Waals surface area contributed by atoms with Gasteiger partial charge in [-0.15, -0.1) is 0 Å². The minimum absolute atomic E-state index is 0.0190. The summed E-state index contributed by atoms with van der Waals surface area (Å²) in [5.41, 5.74) is 0.790. The Morgan fingerprint density at radius 2 is 1.40 bits per heavy atom. The van der Waals surface area contributed by atoms with E-state index in [9.17, 15) is 29.1 Å². The molecule has 1 aromatic carbocycles. The second-order valence-electron chi connectivity index (χ2n) is 18.6. The average Bonchev–Trinajstić information content (AvgIpc) is 3.75. The fourth-order valence-electron chi connectivity index (χ4n) is 8.94. The molecule has 65 heavy (non-hydrogen) atoms. The lowest BCUT2D eigenvalue weighted by molar-refractivity contribution is -0.142. The van der Waals surface area contributed by atoms with Crippen molar-refractivity contribution in [2.24, 2.45) is 35.5 Å². The molecule has 15 heteroatoms. The monoisotopic (exact) mass is 919 g/mol. The molecular formula is C50H86N4O11. The van der Waals surface area contributed by atoms with Crippen molar-refractivity contribution in [1.29, 1.82) is 0 Å². The number of ether oxygens (including phenoxy) is 5. The number of hydrogen-bond donors (Lipinski definition) is 3. The summed E-state index contributed by atoms with van der Waals surface area (Å²) in [5, 5.41) is 16.8. The Balaban J connectivity index is 2.05. The molecule has 1 saturated heterocycles. The normalized spacial score (nSPS) is 18.6. The number of amides is 3. The molecule has 1 heterocycles. The molecule has 1 aliphatic heterocycles. The Hall–Kier alpha value is -3.31. The zero-order valence-corrected chi connectivity index (χ0v) is 41.8. The van der Waals surface area contributed by atoms with Crippen LogP contribution in [0.3, 0.4) is 0 Å². The maximum Gasteiger partial charge on any atom is 0.225 e. The van der Waals surface area contributed by atoms with Crippen molar-refractivity contribution >= 4 is 29.3 Å². The number of methoxy groups -OCH3 is 2. The first-order chi connectivity index (χ1) is 30.9. The Morgan fingerprint density at radius 3 is 1.94 bits per heavy atom. The van der Waals surface area contributed by atoms with E-state index in [4.69, 9.17) is 23.7 Å². The highest BCUT2D eigenvalue weighted by molar-refractivity contribution is 5.92. The molecule has 10 atom stereocenters. The lowest BCUT2D eigenvalue weighted by Gasteiger charge is -2.39. The predicted molar refractivity (Wildman–Crippen MR) is 252 cm³/mol. The van der Waals surface area contributed by atoms with Gasteiger partial charge in [-0.2, -0.15) is 0 Å². The Bertz CT molecular complexity index is 1550. The van der Waals surface area contributed by atoms with E-state index in [2.05, 4.69) is 29.4 Å². The number of aliphatic hydroxyl groups is 1. The fourth-order valence-corrected chi connectivity index (χ4v) is 8.94. The van der Waals surface area contributed by atoms with Crippen molar-refractivity contribution < 1.29 is 52.8 Å². The number of rotatable bonds is 34. The molecule has 0 radical (unpaired) electrons. The third-order valence-corrected chi connectivity index (χ3v) is 13.2. The molecule has 1 unspecified atom stereocenters. The summed E-state index contributed by atoms with van der Waals surface area (Å²) in [7, 11) is 6.53. The van der Waals surface area contributed by atoms with Crippen molar-refractivity contribution in [3.05, 3.63) is 35.9 Å². The van der Waals surface area contributed by atoms with E-state index in [1.54, 1.807) is 28.3 Å². The lowest BCUT2D eigenvalue weighted by atomic mass is 9.84. The number of hydrogen-bond acceptors (Lipinski definition) is 12. The van der Waals surface area contributed by atoms with Crippen molar-refractivity contribution in [2.75, 3.05) is 81.0 Å². The van der Waals surface area contributed by atoms with Crippen LogP contribution in [0.1, 0.15) is 112 Å². The minimum atomic E-state index is -0.747. The number of nitrogens with one attached hydrogen (secondary N) is 2. The summed E-state index contributed by atoms with van der Waals surface area (Å²) in [6.07, 6.45) is 1.66. The predicted octanol–water partition coefficient (Wildman–Crippen LogP) is 5.27. The van der Waals surface area contributed by atoms with E-state index >= 15 is 0 Å². The maximum absolute atomic E-state index is 14.3. The molecule has 1 fully saturated rings. The molecule has 0 aromatic heterocycles. The Kier molecular flexibility index (Phi) is 27.5. The summed E-state index contributed by atoms with van der Waals surface area (Å²) in [4.78, 5) is 70.5. The number of nitrogens with zero attached hydrogens (tertiary/aromatic N) is 2. The van der Waals surface area contributed by atoms with Gasteiger partial charge >= 0.3 is 0 Å². The summed E-state index contributed by atoms with van der Waals surface area (Å²) >= 11 is 0. The molecule has 0 bridgehead atoms. The van der Waals surface area contributed by atoms with Crippen molar-refractivity contribution in [1.82, 2.24) is 20.4 Å². The fraction of sp³-hybridized carbons (Fsp3) is 0.780. The van der Waals surface area contributed by atoms with E-state index in [-0.39, 0.29) is 103 Å². The molecular weight excluding hydrogens is 833 g/mol. The van der Waals surface area contributed by atoms with E-state index < -0.39 is 24.0 Å². The number of Topliss-reactive ketones (excluding diaryl/α,β-unsaturated/α-hetero) is 2.